The predicted molar refractivity (Wildman–Crippen MR) is 81.5 cm³/mol. The van der Waals surface area contributed by atoms with E-state index in [1.807, 2.05) is 0 Å². The van der Waals surface area contributed by atoms with E-state index < -0.39 is 0 Å². The molecule has 0 unspecified atom stereocenters. The molecule has 1 fully saturated rings. The molecule has 0 spiro atoms. The third-order valence-electron chi connectivity index (χ3n) is 4.00. The fourth-order valence-corrected chi connectivity index (χ4v) is 2.54. The SMILES string of the molecule is CCCCCCCCCCCCCC(N)=C1CC1. The summed E-state index contributed by atoms with van der Waals surface area (Å²) in [6, 6.07) is 0. The monoisotopic (exact) mass is 251 g/mol. The summed E-state index contributed by atoms with van der Waals surface area (Å²) in [6.45, 7) is 2.28. The maximum Gasteiger partial charge on any atom is 0.00726 e. The first-order valence-electron chi connectivity index (χ1n) is 8.31. The van der Waals surface area contributed by atoms with Crippen LogP contribution in [0.5, 0.6) is 0 Å². The third-order valence-corrected chi connectivity index (χ3v) is 4.00. The average Bonchev–Trinajstić information content (AvgIpc) is 3.20. The molecule has 2 N–H and O–H groups in total. The lowest BCUT2D eigenvalue weighted by atomic mass is 10.0. The van der Waals surface area contributed by atoms with E-state index in [1.54, 1.807) is 5.57 Å². The lowest BCUT2D eigenvalue weighted by Crippen LogP contribution is -1.96. The van der Waals surface area contributed by atoms with Crippen molar-refractivity contribution in [3.05, 3.63) is 11.3 Å². The Morgan fingerprint density at radius 2 is 1.22 bits per heavy atom. The lowest BCUT2D eigenvalue weighted by Gasteiger charge is -2.03. The van der Waals surface area contributed by atoms with Crippen LogP contribution in [0, 0.1) is 0 Å². The second kappa shape index (κ2) is 10.5. The minimum absolute atomic E-state index is 1.16. The molecule has 0 atom stereocenters. The topological polar surface area (TPSA) is 26.0 Å². The van der Waals surface area contributed by atoms with Crippen LogP contribution in [0.2, 0.25) is 0 Å². The van der Waals surface area contributed by atoms with Gasteiger partial charge in [-0.1, -0.05) is 76.7 Å². The molecule has 18 heavy (non-hydrogen) atoms. The molecule has 1 saturated carbocycles. The van der Waals surface area contributed by atoms with Crippen LogP contribution in [0.4, 0.5) is 0 Å². The highest BCUT2D eigenvalue weighted by Gasteiger charge is 2.14. The number of hydrogen-bond acceptors (Lipinski definition) is 1. The Balaban J connectivity index is 1.72. The largest absolute Gasteiger partial charge is 0.402 e. The van der Waals surface area contributed by atoms with Gasteiger partial charge in [-0.2, -0.15) is 0 Å². The summed E-state index contributed by atoms with van der Waals surface area (Å²) in [5, 5.41) is 0. The van der Waals surface area contributed by atoms with Crippen molar-refractivity contribution in [2.24, 2.45) is 5.73 Å². The molecule has 0 aliphatic heterocycles. The smallest absolute Gasteiger partial charge is 0.00726 e. The molecule has 1 heteroatoms. The van der Waals surface area contributed by atoms with Gasteiger partial charge < -0.3 is 5.73 Å². The molecular formula is C17H33N. The van der Waals surface area contributed by atoms with Gasteiger partial charge in [-0.25, -0.2) is 0 Å². The Hall–Kier alpha value is -0.460. The summed E-state index contributed by atoms with van der Waals surface area (Å²) in [5.41, 5.74) is 8.74. The van der Waals surface area contributed by atoms with E-state index in [-0.39, 0.29) is 0 Å². The highest BCUT2D eigenvalue weighted by molar-refractivity contribution is 5.22. The molecular weight excluding hydrogens is 218 g/mol. The highest BCUT2D eigenvalue weighted by Crippen LogP contribution is 2.31. The van der Waals surface area contributed by atoms with Crippen LogP contribution in [0.1, 0.15) is 96.8 Å². The quantitative estimate of drug-likeness (QED) is 0.443. The maximum atomic E-state index is 5.98. The van der Waals surface area contributed by atoms with Crippen LogP contribution in [0.15, 0.2) is 11.3 Å². The molecule has 0 bridgehead atoms. The van der Waals surface area contributed by atoms with Crippen molar-refractivity contribution in [1.82, 2.24) is 0 Å². The third kappa shape index (κ3) is 8.60. The average molecular weight is 251 g/mol. The Kier molecular flexibility index (Phi) is 9.06. The van der Waals surface area contributed by atoms with Crippen LogP contribution in [0.3, 0.4) is 0 Å². The summed E-state index contributed by atoms with van der Waals surface area (Å²) in [7, 11) is 0. The summed E-state index contributed by atoms with van der Waals surface area (Å²) >= 11 is 0. The van der Waals surface area contributed by atoms with Gasteiger partial charge in [0.1, 0.15) is 0 Å². The van der Waals surface area contributed by atoms with E-state index in [0.717, 1.165) is 6.42 Å². The van der Waals surface area contributed by atoms with Gasteiger partial charge >= 0.3 is 0 Å². The van der Waals surface area contributed by atoms with Crippen molar-refractivity contribution in [3.63, 3.8) is 0 Å². The number of allylic oxidation sites excluding steroid dienone is 2. The van der Waals surface area contributed by atoms with E-state index >= 15 is 0 Å². The zero-order chi connectivity index (χ0) is 13.1. The molecule has 1 rings (SSSR count). The maximum absolute atomic E-state index is 5.98. The number of unbranched alkanes of at least 4 members (excludes halogenated alkanes) is 10. The van der Waals surface area contributed by atoms with E-state index in [0.29, 0.717) is 0 Å². The van der Waals surface area contributed by atoms with Gasteiger partial charge in [0.25, 0.3) is 0 Å². The summed E-state index contributed by atoms with van der Waals surface area (Å²) in [6.07, 6.45) is 19.3. The molecule has 0 radical (unpaired) electrons. The van der Waals surface area contributed by atoms with Crippen LogP contribution >= 0.6 is 0 Å². The summed E-state index contributed by atoms with van der Waals surface area (Å²) in [5.74, 6) is 0. The number of hydrogen-bond donors (Lipinski definition) is 1. The van der Waals surface area contributed by atoms with Gasteiger partial charge in [0.05, 0.1) is 0 Å². The molecule has 0 amide bonds. The van der Waals surface area contributed by atoms with Gasteiger partial charge in [0.15, 0.2) is 0 Å². The van der Waals surface area contributed by atoms with Crippen molar-refractivity contribution < 1.29 is 0 Å². The molecule has 1 aliphatic rings. The Labute approximate surface area is 114 Å². The molecule has 0 saturated heterocycles. The van der Waals surface area contributed by atoms with Gasteiger partial charge in [-0.3, -0.25) is 0 Å². The van der Waals surface area contributed by atoms with E-state index in [1.165, 1.54) is 89.2 Å². The van der Waals surface area contributed by atoms with E-state index in [4.69, 9.17) is 5.73 Å². The lowest BCUT2D eigenvalue weighted by molar-refractivity contribution is 0.549. The Morgan fingerprint density at radius 1 is 0.778 bits per heavy atom. The molecule has 0 aromatic heterocycles. The molecule has 1 aliphatic carbocycles. The minimum Gasteiger partial charge on any atom is -0.402 e. The fraction of sp³-hybridized carbons (Fsp3) is 0.882. The standard InChI is InChI=1S/C17H33N/c1-2-3-4-5-6-7-8-9-10-11-12-13-17(18)16-14-15-16/h2-15,18H2,1H3. The van der Waals surface area contributed by atoms with Crippen molar-refractivity contribution in [2.45, 2.75) is 96.8 Å². The van der Waals surface area contributed by atoms with Crippen LogP contribution in [-0.2, 0) is 0 Å². The van der Waals surface area contributed by atoms with Gasteiger partial charge in [-0.15, -0.1) is 0 Å². The van der Waals surface area contributed by atoms with Crippen molar-refractivity contribution in [2.75, 3.05) is 0 Å². The van der Waals surface area contributed by atoms with Gasteiger partial charge in [0, 0.05) is 5.70 Å². The normalized spacial score (nSPS) is 13.9. The van der Waals surface area contributed by atoms with Crippen LogP contribution in [-0.4, -0.2) is 0 Å². The minimum atomic E-state index is 1.16. The first kappa shape index (κ1) is 15.6. The second-order valence-corrected chi connectivity index (χ2v) is 5.91. The fourth-order valence-electron chi connectivity index (χ4n) is 2.54. The van der Waals surface area contributed by atoms with E-state index in [9.17, 15) is 0 Å². The Morgan fingerprint density at radius 3 is 1.67 bits per heavy atom. The zero-order valence-corrected chi connectivity index (χ0v) is 12.5. The highest BCUT2D eigenvalue weighted by atomic mass is 14.6. The van der Waals surface area contributed by atoms with Crippen LogP contribution in [0.25, 0.3) is 0 Å². The van der Waals surface area contributed by atoms with Crippen LogP contribution < -0.4 is 5.73 Å². The zero-order valence-electron chi connectivity index (χ0n) is 12.5. The predicted octanol–water partition coefficient (Wildman–Crippen LogP) is 5.69. The molecule has 1 nitrogen and oxygen atoms in total. The van der Waals surface area contributed by atoms with Crippen molar-refractivity contribution in [3.8, 4) is 0 Å². The van der Waals surface area contributed by atoms with Crippen molar-refractivity contribution in [1.29, 1.82) is 0 Å². The van der Waals surface area contributed by atoms with Gasteiger partial charge in [0.2, 0.25) is 0 Å². The first-order chi connectivity index (χ1) is 8.84. The van der Waals surface area contributed by atoms with E-state index in [2.05, 4.69) is 6.92 Å². The molecule has 0 heterocycles. The van der Waals surface area contributed by atoms with Crippen molar-refractivity contribution >= 4 is 0 Å². The number of nitrogens with two attached hydrogens (primary N) is 1. The summed E-state index contributed by atoms with van der Waals surface area (Å²) in [4.78, 5) is 0. The molecule has 0 aromatic rings. The van der Waals surface area contributed by atoms with Gasteiger partial charge in [-0.05, 0) is 25.7 Å². The molecule has 0 aromatic carbocycles. The number of rotatable bonds is 12. The summed E-state index contributed by atoms with van der Waals surface area (Å²) < 4.78 is 0. The second-order valence-electron chi connectivity index (χ2n) is 5.91. The molecule has 106 valence electrons. The Bertz CT molecular complexity index is 224. The first-order valence-corrected chi connectivity index (χ1v) is 8.31.